The molecule has 0 radical (unpaired) electrons. The number of rotatable bonds is 4. The van der Waals surface area contributed by atoms with Crippen molar-refractivity contribution in [3.63, 3.8) is 0 Å². The van der Waals surface area contributed by atoms with Gasteiger partial charge in [-0.3, -0.25) is 0 Å². The van der Waals surface area contributed by atoms with E-state index in [9.17, 15) is 14.7 Å². The Hall–Kier alpha value is -3.28. The molecular weight excluding hydrogens is 336 g/mol. The van der Waals surface area contributed by atoms with Crippen LogP contribution >= 0.6 is 0 Å². The van der Waals surface area contributed by atoms with Gasteiger partial charge in [-0.1, -0.05) is 26.8 Å². The molecule has 0 aliphatic heterocycles. The van der Waals surface area contributed by atoms with E-state index in [1.165, 1.54) is 18.6 Å². The lowest BCUT2D eigenvalue weighted by molar-refractivity contribution is -0.256. The van der Waals surface area contributed by atoms with Crippen LogP contribution in [0.25, 0.3) is 11.1 Å². The second-order valence-electron chi connectivity index (χ2n) is 6.78. The number of esters is 1. The molecule has 3 rings (SSSR count). The Morgan fingerprint density at radius 2 is 1.77 bits per heavy atom. The minimum atomic E-state index is -1.39. The summed E-state index contributed by atoms with van der Waals surface area (Å²) in [6, 6.07) is 9.69. The van der Waals surface area contributed by atoms with Gasteiger partial charge in [0.05, 0.1) is 12.5 Å². The molecule has 0 unspecified atom stereocenters. The Kier molecular flexibility index (Phi) is 4.42. The lowest BCUT2D eigenvalue weighted by Crippen LogP contribution is -2.22. The van der Waals surface area contributed by atoms with Crippen molar-refractivity contribution in [1.82, 2.24) is 0 Å². The summed E-state index contributed by atoms with van der Waals surface area (Å²) in [7, 11) is 0. The zero-order valence-electron chi connectivity index (χ0n) is 14.6. The van der Waals surface area contributed by atoms with Gasteiger partial charge in [-0.15, -0.1) is 0 Å². The van der Waals surface area contributed by atoms with Gasteiger partial charge < -0.3 is 23.5 Å². The smallest absolute Gasteiger partial charge is 0.379 e. The summed E-state index contributed by atoms with van der Waals surface area (Å²) < 4.78 is 15.4. The predicted molar refractivity (Wildman–Crippen MR) is 90.8 cm³/mol. The SMILES string of the molecule is CC(C)(C)c1cc(OC(=O)c2ccco2)ccc1-c1ccoc1C(=O)[O-]. The second-order valence-corrected chi connectivity index (χ2v) is 6.78. The van der Waals surface area contributed by atoms with Gasteiger partial charge in [0, 0.05) is 5.56 Å². The van der Waals surface area contributed by atoms with Crippen molar-refractivity contribution in [2.75, 3.05) is 0 Å². The molecule has 0 aliphatic rings. The molecule has 0 amide bonds. The first-order valence-corrected chi connectivity index (χ1v) is 7.97. The van der Waals surface area contributed by atoms with E-state index in [1.54, 1.807) is 30.3 Å². The van der Waals surface area contributed by atoms with Crippen LogP contribution in [-0.4, -0.2) is 11.9 Å². The van der Waals surface area contributed by atoms with Crippen molar-refractivity contribution >= 4 is 11.9 Å². The number of carboxylic acid groups (broad SMARTS) is 1. The number of furan rings is 2. The molecule has 0 atom stereocenters. The number of carbonyl (C=O) groups is 2. The minimum Gasteiger partial charge on any atom is -0.542 e. The Bertz CT molecular complexity index is 941. The molecule has 134 valence electrons. The number of benzene rings is 1. The molecule has 0 saturated heterocycles. The van der Waals surface area contributed by atoms with Crippen LogP contribution in [0.5, 0.6) is 5.75 Å². The number of hydrogen-bond acceptors (Lipinski definition) is 6. The maximum atomic E-state index is 12.1. The summed E-state index contributed by atoms with van der Waals surface area (Å²) in [6.07, 6.45) is 2.69. The highest BCUT2D eigenvalue weighted by atomic mass is 16.5. The molecule has 1 aromatic carbocycles. The van der Waals surface area contributed by atoms with E-state index in [0.29, 0.717) is 16.9 Å². The van der Waals surface area contributed by atoms with Crippen LogP contribution in [0.1, 0.15) is 47.4 Å². The van der Waals surface area contributed by atoms with Crippen LogP contribution in [-0.2, 0) is 5.41 Å². The van der Waals surface area contributed by atoms with Crippen molar-refractivity contribution < 1.29 is 28.3 Å². The maximum absolute atomic E-state index is 12.1. The van der Waals surface area contributed by atoms with Crippen molar-refractivity contribution in [2.24, 2.45) is 0 Å². The molecule has 0 spiro atoms. The monoisotopic (exact) mass is 353 g/mol. The first kappa shape index (κ1) is 17.5. The van der Waals surface area contributed by atoms with Crippen LogP contribution in [0.3, 0.4) is 0 Å². The molecule has 2 aromatic heterocycles. The van der Waals surface area contributed by atoms with Gasteiger partial charge in [-0.2, -0.15) is 0 Å². The van der Waals surface area contributed by atoms with E-state index < -0.39 is 11.9 Å². The van der Waals surface area contributed by atoms with Crippen molar-refractivity contribution in [1.29, 1.82) is 0 Å². The molecule has 0 saturated carbocycles. The standard InChI is InChI=1S/C20H18O6/c1-20(2,3)15-11-12(26-19(23)16-5-4-9-24-16)6-7-13(15)14-8-10-25-17(14)18(21)22/h4-11H,1-3H3,(H,21,22)/p-1. The average Bonchev–Trinajstić information content (AvgIpc) is 3.25. The minimum absolute atomic E-state index is 0.0976. The maximum Gasteiger partial charge on any atom is 0.379 e. The molecule has 2 heterocycles. The number of hydrogen-bond donors (Lipinski definition) is 0. The van der Waals surface area contributed by atoms with E-state index in [1.807, 2.05) is 20.8 Å². The Balaban J connectivity index is 2.03. The summed E-state index contributed by atoms with van der Waals surface area (Å²) >= 11 is 0. The molecule has 26 heavy (non-hydrogen) atoms. The van der Waals surface area contributed by atoms with Gasteiger partial charge in [0.15, 0.2) is 5.76 Å². The quantitative estimate of drug-likeness (QED) is 0.527. The first-order chi connectivity index (χ1) is 12.3. The number of carbonyl (C=O) groups excluding carboxylic acids is 2. The van der Waals surface area contributed by atoms with Crippen LogP contribution in [0.4, 0.5) is 0 Å². The fourth-order valence-electron chi connectivity index (χ4n) is 2.67. The molecule has 3 aromatic rings. The molecule has 0 aliphatic carbocycles. The Labute approximate surface area is 150 Å². The fourth-order valence-corrected chi connectivity index (χ4v) is 2.67. The lowest BCUT2D eigenvalue weighted by Gasteiger charge is -2.24. The van der Waals surface area contributed by atoms with E-state index in [2.05, 4.69) is 0 Å². The zero-order chi connectivity index (χ0) is 18.9. The number of ether oxygens (including phenoxy) is 1. The number of aromatic carboxylic acids is 1. The molecular formula is C20H17O6-. The molecule has 6 heteroatoms. The molecule has 0 N–H and O–H groups in total. The van der Waals surface area contributed by atoms with E-state index >= 15 is 0 Å². The van der Waals surface area contributed by atoms with Gasteiger partial charge in [0.25, 0.3) is 0 Å². The summed E-state index contributed by atoms with van der Waals surface area (Å²) in [6.45, 7) is 5.92. The van der Waals surface area contributed by atoms with Gasteiger partial charge in [0.1, 0.15) is 11.7 Å². The highest BCUT2D eigenvalue weighted by molar-refractivity contribution is 5.93. The zero-order valence-corrected chi connectivity index (χ0v) is 14.6. The van der Waals surface area contributed by atoms with Crippen LogP contribution in [0, 0.1) is 0 Å². The highest BCUT2D eigenvalue weighted by Crippen LogP contribution is 2.37. The van der Waals surface area contributed by atoms with Gasteiger partial charge in [-0.05, 0) is 46.9 Å². The topological polar surface area (TPSA) is 92.7 Å². The molecule has 0 fully saturated rings. The van der Waals surface area contributed by atoms with Gasteiger partial charge >= 0.3 is 5.97 Å². The number of carboxylic acids is 1. The Morgan fingerprint density at radius 1 is 1.00 bits per heavy atom. The van der Waals surface area contributed by atoms with Gasteiger partial charge in [-0.25, -0.2) is 4.79 Å². The summed E-state index contributed by atoms with van der Waals surface area (Å²) in [5, 5.41) is 11.3. The van der Waals surface area contributed by atoms with Crippen LogP contribution < -0.4 is 9.84 Å². The largest absolute Gasteiger partial charge is 0.542 e. The summed E-state index contributed by atoms with van der Waals surface area (Å²) in [4.78, 5) is 23.4. The van der Waals surface area contributed by atoms with Crippen molar-refractivity contribution in [2.45, 2.75) is 26.2 Å². The predicted octanol–water partition coefficient (Wildman–Crippen LogP) is 3.42. The molecule has 0 bridgehead atoms. The summed E-state index contributed by atoms with van der Waals surface area (Å²) in [5.74, 6) is -1.81. The Morgan fingerprint density at radius 3 is 2.38 bits per heavy atom. The highest BCUT2D eigenvalue weighted by Gasteiger charge is 2.23. The molecule has 6 nitrogen and oxygen atoms in total. The second kappa shape index (κ2) is 6.55. The third-order valence-electron chi connectivity index (χ3n) is 3.87. The van der Waals surface area contributed by atoms with Gasteiger partial charge in [0.2, 0.25) is 5.76 Å². The van der Waals surface area contributed by atoms with E-state index in [0.717, 1.165) is 5.56 Å². The van der Waals surface area contributed by atoms with Crippen LogP contribution in [0.2, 0.25) is 0 Å². The summed E-state index contributed by atoms with van der Waals surface area (Å²) in [5.41, 5.74) is 1.54. The third-order valence-corrected chi connectivity index (χ3v) is 3.87. The van der Waals surface area contributed by atoms with E-state index in [4.69, 9.17) is 13.6 Å². The van der Waals surface area contributed by atoms with Crippen molar-refractivity contribution in [3.8, 4) is 16.9 Å². The third kappa shape index (κ3) is 3.39. The van der Waals surface area contributed by atoms with E-state index in [-0.39, 0.29) is 16.9 Å². The average molecular weight is 353 g/mol. The normalized spacial score (nSPS) is 11.3. The lowest BCUT2D eigenvalue weighted by atomic mass is 9.81. The fraction of sp³-hybridized carbons (Fsp3) is 0.200. The van der Waals surface area contributed by atoms with Crippen LogP contribution in [0.15, 0.2) is 57.8 Å². The van der Waals surface area contributed by atoms with Crippen molar-refractivity contribution in [3.05, 3.63) is 66.0 Å². The first-order valence-electron chi connectivity index (χ1n) is 7.97.